The maximum absolute atomic E-state index is 6.11. The standard InChI is InChI=1S/C18H27ClN2/c1-13(2)16-10-14(12-19)11-18(20-16)21-9-5-7-15-6-3-4-8-17(15)21/h10-11,13,15,17H,3-9,12H2,1-2H3. The summed E-state index contributed by atoms with van der Waals surface area (Å²) in [4.78, 5) is 7.56. The molecule has 0 radical (unpaired) electrons. The first-order chi connectivity index (χ1) is 10.2. The highest BCUT2D eigenvalue weighted by molar-refractivity contribution is 6.17. The molecule has 1 aromatic rings. The number of nitrogens with zero attached hydrogens (tertiary/aromatic N) is 2. The zero-order valence-corrected chi connectivity index (χ0v) is 14.1. The predicted octanol–water partition coefficient (Wildman–Crippen LogP) is 5.10. The van der Waals surface area contributed by atoms with E-state index >= 15 is 0 Å². The number of fused-ring (bicyclic) bond motifs is 1. The maximum atomic E-state index is 6.11. The lowest BCUT2D eigenvalue weighted by Gasteiger charge is -2.45. The van der Waals surface area contributed by atoms with Crippen LogP contribution < -0.4 is 4.90 Å². The first-order valence-corrected chi connectivity index (χ1v) is 9.06. The summed E-state index contributed by atoms with van der Waals surface area (Å²) in [6, 6.07) is 5.10. The van der Waals surface area contributed by atoms with E-state index in [9.17, 15) is 0 Å². The Hall–Kier alpha value is -0.760. The number of pyridine rings is 1. The van der Waals surface area contributed by atoms with Crippen molar-refractivity contribution in [2.75, 3.05) is 11.4 Å². The lowest BCUT2D eigenvalue weighted by Crippen LogP contribution is -2.47. The number of piperidine rings is 1. The predicted molar refractivity (Wildman–Crippen MR) is 90.2 cm³/mol. The van der Waals surface area contributed by atoms with E-state index in [-0.39, 0.29) is 0 Å². The van der Waals surface area contributed by atoms with Crippen LogP contribution in [-0.2, 0) is 5.88 Å². The van der Waals surface area contributed by atoms with Crippen molar-refractivity contribution in [1.82, 2.24) is 4.98 Å². The van der Waals surface area contributed by atoms with Gasteiger partial charge in [-0.1, -0.05) is 26.7 Å². The van der Waals surface area contributed by atoms with Gasteiger partial charge in [-0.15, -0.1) is 11.6 Å². The van der Waals surface area contributed by atoms with Crippen LogP contribution in [0.2, 0.25) is 0 Å². The van der Waals surface area contributed by atoms with E-state index in [1.165, 1.54) is 55.6 Å². The monoisotopic (exact) mass is 306 g/mol. The SMILES string of the molecule is CC(C)c1cc(CCl)cc(N2CCCC3CCCCC32)n1. The van der Waals surface area contributed by atoms with Gasteiger partial charge in [0.2, 0.25) is 0 Å². The molecule has 2 atom stereocenters. The van der Waals surface area contributed by atoms with Gasteiger partial charge in [-0.3, -0.25) is 0 Å². The first-order valence-electron chi connectivity index (χ1n) is 8.52. The molecule has 116 valence electrons. The molecule has 0 spiro atoms. The van der Waals surface area contributed by atoms with Crippen molar-refractivity contribution in [3.63, 3.8) is 0 Å². The molecule has 21 heavy (non-hydrogen) atoms. The average molecular weight is 307 g/mol. The second-order valence-corrected chi connectivity index (χ2v) is 7.26. The third-order valence-corrected chi connectivity index (χ3v) is 5.48. The quantitative estimate of drug-likeness (QED) is 0.722. The Balaban J connectivity index is 1.92. The fourth-order valence-corrected chi connectivity index (χ4v) is 4.18. The summed E-state index contributed by atoms with van der Waals surface area (Å²) in [6.07, 6.45) is 8.27. The molecule has 0 aromatic carbocycles. The van der Waals surface area contributed by atoms with Crippen LogP contribution in [0.4, 0.5) is 5.82 Å². The molecule has 0 amide bonds. The summed E-state index contributed by atoms with van der Waals surface area (Å²) in [5.74, 6) is 3.10. The van der Waals surface area contributed by atoms with Gasteiger partial charge in [0.15, 0.2) is 0 Å². The van der Waals surface area contributed by atoms with Crippen LogP contribution in [0.5, 0.6) is 0 Å². The minimum atomic E-state index is 0.457. The zero-order valence-electron chi connectivity index (χ0n) is 13.3. The molecule has 2 aliphatic rings. The van der Waals surface area contributed by atoms with Gasteiger partial charge in [0.1, 0.15) is 5.82 Å². The van der Waals surface area contributed by atoms with Gasteiger partial charge >= 0.3 is 0 Å². The number of alkyl halides is 1. The number of rotatable bonds is 3. The number of hydrogen-bond acceptors (Lipinski definition) is 2. The Labute approximate surface area is 133 Å². The van der Waals surface area contributed by atoms with Crippen LogP contribution in [0.15, 0.2) is 12.1 Å². The van der Waals surface area contributed by atoms with Gasteiger partial charge in [0.05, 0.1) is 0 Å². The van der Waals surface area contributed by atoms with Crippen LogP contribution in [0.1, 0.15) is 69.5 Å². The minimum absolute atomic E-state index is 0.457. The third-order valence-electron chi connectivity index (χ3n) is 5.17. The van der Waals surface area contributed by atoms with E-state index in [1.807, 2.05) is 0 Å². The molecule has 1 saturated carbocycles. The molecule has 1 aliphatic heterocycles. The number of hydrogen-bond donors (Lipinski definition) is 0. The summed E-state index contributed by atoms with van der Waals surface area (Å²) >= 11 is 6.11. The molecule has 2 fully saturated rings. The smallest absolute Gasteiger partial charge is 0.129 e. The second-order valence-electron chi connectivity index (χ2n) is 6.99. The molecular formula is C18H27ClN2. The lowest BCUT2D eigenvalue weighted by atomic mass is 9.78. The maximum Gasteiger partial charge on any atom is 0.129 e. The Morgan fingerprint density at radius 2 is 1.95 bits per heavy atom. The van der Waals surface area contributed by atoms with Gasteiger partial charge in [-0.2, -0.15) is 0 Å². The van der Waals surface area contributed by atoms with E-state index < -0.39 is 0 Å². The molecule has 3 rings (SSSR count). The summed E-state index contributed by atoms with van der Waals surface area (Å²) < 4.78 is 0. The van der Waals surface area contributed by atoms with E-state index in [0.717, 1.165) is 12.5 Å². The molecule has 2 unspecified atom stereocenters. The summed E-state index contributed by atoms with van der Waals surface area (Å²) in [5, 5.41) is 0. The van der Waals surface area contributed by atoms with Crippen molar-refractivity contribution in [1.29, 1.82) is 0 Å². The average Bonchev–Trinajstić information content (AvgIpc) is 2.53. The normalized spacial score (nSPS) is 26.0. The van der Waals surface area contributed by atoms with Crippen LogP contribution in [-0.4, -0.2) is 17.6 Å². The molecule has 2 heterocycles. The summed E-state index contributed by atoms with van der Waals surface area (Å²) in [7, 11) is 0. The topological polar surface area (TPSA) is 16.1 Å². The Morgan fingerprint density at radius 3 is 2.71 bits per heavy atom. The van der Waals surface area contributed by atoms with Crippen molar-refractivity contribution < 1.29 is 0 Å². The Morgan fingerprint density at radius 1 is 1.19 bits per heavy atom. The molecule has 1 aliphatic carbocycles. The van der Waals surface area contributed by atoms with E-state index in [0.29, 0.717) is 17.8 Å². The number of aromatic nitrogens is 1. The van der Waals surface area contributed by atoms with E-state index in [4.69, 9.17) is 16.6 Å². The number of anilines is 1. The lowest BCUT2D eigenvalue weighted by molar-refractivity contribution is 0.242. The van der Waals surface area contributed by atoms with Crippen LogP contribution in [0.3, 0.4) is 0 Å². The third kappa shape index (κ3) is 3.21. The number of halogens is 1. The fourth-order valence-electron chi connectivity index (χ4n) is 4.02. The second kappa shape index (κ2) is 6.56. The molecule has 1 saturated heterocycles. The van der Waals surface area contributed by atoms with Crippen molar-refractivity contribution in [2.45, 2.75) is 70.2 Å². The molecule has 2 nitrogen and oxygen atoms in total. The highest BCUT2D eigenvalue weighted by Crippen LogP contribution is 2.37. The van der Waals surface area contributed by atoms with Gasteiger partial charge in [-0.25, -0.2) is 4.98 Å². The van der Waals surface area contributed by atoms with Gasteiger partial charge in [0, 0.05) is 24.2 Å². The highest BCUT2D eigenvalue weighted by Gasteiger charge is 2.34. The highest BCUT2D eigenvalue weighted by atomic mass is 35.5. The van der Waals surface area contributed by atoms with Crippen LogP contribution >= 0.6 is 11.6 Å². The van der Waals surface area contributed by atoms with Crippen molar-refractivity contribution in [3.05, 3.63) is 23.4 Å². The van der Waals surface area contributed by atoms with Gasteiger partial charge < -0.3 is 4.90 Å². The van der Waals surface area contributed by atoms with Crippen molar-refractivity contribution >= 4 is 17.4 Å². The molecule has 1 aromatic heterocycles. The zero-order chi connectivity index (χ0) is 14.8. The largest absolute Gasteiger partial charge is 0.353 e. The van der Waals surface area contributed by atoms with E-state index in [1.54, 1.807) is 0 Å². The van der Waals surface area contributed by atoms with Crippen LogP contribution in [0, 0.1) is 5.92 Å². The van der Waals surface area contributed by atoms with Crippen molar-refractivity contribution in [2.24, 2.45) is 5.92 Å². The molecule has 0 N–H and O–H groups in total. The first kappa shape index (κ1) is 15.1. The minimum Gasteiger partial charge on any atom is -0.353 e. The summed E-state index contributed by atoms with van der Waals surface area (Å²) in [6.45, 7) is 5.59. The molecular weight excluding hydrogens is 280 g/mol. The Bertz CT molecular complexity index is 484. The van der Waals surface area contributed by atoms with Crippen molar-refractivity contribution in [3.8, 4) is 0 Å². The Kier molecular flexibility index (Phi) is 4.73. The molecule has 3 heteroatoms. The summed E-state index contributed by atoms with van der Waals surface area (Å²) in [5.41, 5.74) is 2.39. The van der Waals surface area contributed by atoms with E-state index in [2.05, 4.69) is 30.9 Å². The molecule has 0 bridgehead atoms. The van der Waals surface area contributed by atoms with Crippen LogP contribution in [0.25, 0.3) is 0 Å². The van der Waals surface area contributed by atoms with Gasteiger partial charge in [-0.05, 0) is 55.2 Å². The van der Waals surface area contributed by atoms with Gasteiger partial charge in [0.25, 0.3) is 0 Å². The fraction of sp³-hybridized carbons (Fsp3) is 0.722.